The first-order chi connectivity index (χ1) is 7.13. The number of rotatable bonds is 4. The van der Waals surface area contributed by atoms with Gasteiger partial charge in [-0.3, -0.25) is 9.59 Å². The molecule has 0 saturated carbocycles. The molecule has 2 amide bonds. The van der Waals surface area contributed by atoms with Crippen LogP contribution in [0.1, 0.15) is 26.2 Å². The summed E-state index contributed by atoms with van der Waals surface area (Å²) in [6, 6.07) is -0.164. The maximum atomic E-state index is 11.6. The third-order valence-electron chi connectivity index (χ3n) is 2.84. The summed E-state index contributed by atoms with van der Waals surface area (Å²) < 4.78 is 0. The van der Waals surface area contributed by atoms with E-state index in [1.165, 1.54) is 0 Å². The van der Waals surface area contributed by atoms with Crippen LogP contribution in [0.3, 0.4) is 0 Å². The fourth-order valence-corrected chi connectivity index (χ4v) is 1.86. The molecular formula is C10H19N3O2. The molecule has 0 radical (unpaired) electrons. The van der Waals surface area contributed by atoms with E-state index in [1.54, 1.807) is 0 Å². The SMILES string of the molecule is CCC1CCNC(C(=O)NCC(N)=O)C1. The first-order valence-corrected chi connectivity index (χ1v) is 5.43. The van der Waals surface area contributed by atoms with E-state index in [-0.39, 0.29) is 18.5 Å². The Morgan fingerprint density at radius 2 is 2.27 bits per heavy atom. The molecule has 4 N–H and O–H groups in total. The third kappa shape index (κ3) is 3.87. The Morgan fingerprint density at radius 1 is 1.53 bits per heavy atom. The van der Waals surface area contributed by atoms with Gasteiger partial charge in [0.15, 0.2) is 0 Å². The molecular weight excluding hydrogens is 194 g/mol. The van der Waals surface area contributed by atoms with Gasteiger partial charge in [0, 0.05) is 0 Å². The van der Waals surface area contributed by atoms with Crippen molar-refractivity contribution in [3.05, 3.63) is 0 Å². The Kier molecular flexibility index (Phi) is 4.55. The van der Waals surface area contributed by atoms with Gasteiger partial charge in [0.25, 0.3) is 0 Å². The highest BCUT2D eigenvalue weighted by Gasteiger charge is 2.25. The van der Waals surface area contributed by atoms with Crippen LogP contribution in [-0.2, 0) is 9.59 Å². The largest absolute Gasteiger partial charge is 0.368 e. The van der Waals surface area contributed by atoms with Crippen molar-refractivity contribution in [1.82, 2.24) is 10.6 Å². The second-order valence-corrected chi connectivity index (χ2v) is 3.99. The van der Waals surface area contributed by atoms with Crippen LogP contribution in [0.4, 0.5) is 0 Å². The van der Waals surface area contributed by atoms with Crippen molar-refractivity contribution in [3.8, 4) is 0 Å². The van der Waals surface area contributed by atoms with E-state index in [1.807, 2.05) is 0 Å². The summed E-state index contributed by atoms with van der Waals surface area (Å²) in [5.41, 5.74) is 4.95. The van der Waals surface area contributed by atoms with Gasteiger partial charge in [-0.2, -0.15) is 0 Å². The molecule has 1 saturated heterocycles. The molecule has 0 spiro atoms. The van der Waals surface area contributed by atoms with Crippen molar-refractivity contribution in [3.63, 3.8) is 0 Å². The number of hydrogen-bond donors (Lipinski definition) is 3. The minimum atomic E-state index is -0.508. The number of carbonyl (C=O) groups is 2. The standard InChI is InChI=1S/C10H19N3O2/c1-2-7-3-4-12-8(5-7)10(15)13-6-9(11)14/h7-8,12H,2-6H2,1H3,(H2,11,14)(H,13,15). The lowest BCUT2D eigenvalue weighted by molar-refractivity contribution is -0.126. The van der Waals surface area contributed by atoms with E-state index >= 15 is 0 Å². The Labute approximate surface area is 89.8 Å². The highest BCUT2D eigenvalue weighted by atomic mass is 16.2. The minimum absolute atomic E-state index is 0.0756. The Morgan fingerprint density at radius 3 is 2.87 bits per heavy atom. The van der Waals surface area contributed by atoms with Gasteiger partial charge in [0.2, 0.25) is 11.8 Å². The topological polar surface area (TPSA) is 84.2 Å². The quantitative estimate of drug-likeness (QED) is 0.581. The average Bonchev–Trinajstić information content (AvgIpc) is 2.26. The maximum Gasteiger partial charge on any atom is 0.237 e. The number of carbonyl (C=O) groups excluding carboxylic acids is 2. The van der Waals surface area contributed by atoms with Crippen LogP contribution in [0.5, 0.6) is 0 Å². The first-order valence-electron chi connectivity index (χ1n) is 5.43. The van der Waals surface area contributed by atoms with Crippen LogP contribution < -0.4 is 16.4 Å². The molecule has 2 atom stereocenters. The lowest BCUT2D eigenvalue weighted by atomic mass is 9.90. The van der Waals surface area contributed by atoms with E-state index in [9.17, 15) is 9.59 Å². The van der Waals surface area contributed by atoms with Gasteiger partial charge in [-0.25, -0.2) is 0 Å². The van der Waals surface area contributed by atoms with E-state index in [2.05, 4.69) is 17.6 Å². The highest BCUT2D eigenvalue weighted by molar-refractivity contribution is 5.86. The molecule has 0 aliphatic carbocycles. The number of primary amides is 1. The van der Waals surface area contributed by atoms with E-state index in [0.29, 0.717) is 5.92 Å². The predicted molar refractivity (Wildman–Crippen MR) is 57.0 cm³/mol. The molecule has 0 aromatic carbocycles. The lowest BCUT2D eigenvalue weighted by Crippen LogP contribution is -2.50. The summed E-state index contributed by atoms with van der Waals surface area (Å²) in [5, 5.41) is 5.66. The van der Waals surface area contributed by atoms with Crippen LogP contribution in [0.2, 0.25) is 0 Å². The van der Waals surface area contributed by atoms with Crippen LogP contribution >= 0.6 is 0 Å². The van der Waals surface area contributed by atoms with Crippen molar-refractivity contribution in [1.29, 1.82) is 0 Å². The van der Waals surface area contributed by atoms with Gasteiger partial charge >= 0.3 is 0 Å². The molecule has 1 aliphatic heterocycles. The molecule has 0 aromatic rings. The smallest absolute Gasteiger partial charge is 0.237 e. The molecule has 1 fully saturated rings. The van der Waals surface area contributed by atoms with E-state index in [0.717, 1.165) is 25.8 Å². The summed E-state index contributed by atoms with van der Waals surface area (Å²) in [6.07, 6.45) is 3.07. The first kappa shape index (κ1) is 12.0. The fraction of sp³-hybridized carbons (Fsp3) is 0.800. The van der Waals surface area contributed by atoms with Crippen LogP contribution in [0, 0.1) is 5.92 Å². The lowest BCUT2D eigenvalue weighted by Gasteiger charge is -2.28. The molecule has 15 heavy (non-hydrogen) atoms. The van der Waals surface area contributed by atoms with E-state index < -0.39 is 5.91 Å². The third-order valence-corrected chi connectivity index (χ3v) is 2.84. The average molecular weight is 213 g/mol. The van der Waals surface area contributed by atoms with Gasteiger partial charge in [0.05, 0.1) is 12.6 Å². The maximum absolute atomic E-state index is 11.6. The minimum Gasteiger partial charge on any atom is -0.368 e. The molecule has 1 rings (SSSR count). The van der Waals surface area contributed by atoms with Crippen molar-refractivity contribution in [2.75, 3.05) is 13.1 Å². The second-order valence-electron chi connectivity index (χ2n) is 3.99. The molecule has 0 aromatic heterocycles. The van der Waals surface area contributed by atoms with Gasteiger partial charge in [-0.15, -0.1) is 0 Å². The summed E-state index contributed by atoms with van der Waals surface area (Å²) in [7, 11) is 0. The fourth-order valence-electron chi connectivity index (χ4n) is 1.86. The molecule has 1 aliphatic rings. The number of amides is 2. The zero-order chi connectivity index (χ0) is 11.3. The molecule has 5 nitrogen and oxygen atoms in total. The van der Waals surface area contributed by atoms with Crippen molar-refractivity contribution in [2.45, 2.75) is 32.2 Å². The van der Waals surface area contributed by atoms with Gasteiger partial charge in [0.1, 0.15) is 0 Å². The summed E-state index contributed by atoms with van der Waals surface area (Å²) in [4.78, 5) is 22.1. The van der Waals surface area contributed by atoms with Crippen LogP contribution in [-0.4, -0.2) is 30.9 Å². The monoisotopic (exact) mass is 213 g/mol. The highest BCUT2D eigenvalue weighted by Crippen LogP contribution is 2.19. The number of piperidine rings is 1. The Balaban J connectivity index is 2.35. The summed E-state index contributed by atoms with van der Waals surface area (Å²) in [6.45, 7) is 2.93. The van der Waals surface area contributed by atoms with Gasteiger partial charge in [-0.1, -0.05) is 13.3 Å². The Bertz CT molecular complexity index is 243. The predicted octanol–water partition coefficient (Wildman–Crippen LogP) is -0.634. The van der Waals surface area contributed by atoms with Gasteiger partial charge in [-0.05, 0) is 25.3 Å². The van der Waals surface area contributed by atoms with Crippen LogP contribution in [0.25, 0.3) is 0 Å². The zero-order valence-electron chi connectivity index (χ0n) is 9.08. The molecule has 0 bridgehead atoms. The molecule has 86 valence electrons. The molecule has 2 unspecified atom stereocenters. The normalized spacial score (nSPS) is 25.9. The van der Waals surface area contributed by atoms with Crippen molar-refractivity contribution >= 4 is 11.8 Å². The van der Waals surface area contributed by atoms with Crippen LogP contribution in [0.15, 0.2) is 0 Å². The van der Waals surface area contributed by atoms with Gasteiger partial charge < -0.3 is 16.4 Å². The number of nitrogens with two attached hydrogens (primary N) is 1. The number of nitrogens with one attached hydrogen (secondary N) is 2. The molecule has 1 heterocycles. The van der Waals surface area contributed by atoms with Crippen molar-refractivity contribution in [2.24, 2.45) is 11.7 Å². The summed E-state index contributed by atoms with van der Waals surface area (Å²) in [5.74, 6) is -0.0197. The molecule has 5 heteroatoms. The van der Waals surface area contributed by atoms with Crippen molar-refractivity contribution < 1.29 is 9.59 Å². The second kappa shape index (κ2) is 5.70. The Hall–Kier alpha value is -1.10. The van der Waals surface area contributed by atoms with E-state index in [4.69, 9.17) is 5.73 Å². The zero-order valence-corrected chi connectivity index (χ0v) is 9.08. The number of hydrogen-bond acceptors (Lipinski definition) is 3. The summed E-state index contributed by atoms with van der Waals surface area (Å²) >= 11 is 0.